The molecule has 0 bridgehead atoms. The van der Waals surface area contributed by atoms with Crippen molar-refractivity contribution in [2.45, 2.75) is 52.0 Å². The van der Waals surface area contributed by atoms with Crippen molar-refractivity contribution >= 4 is 36.1 Å². The third-order valence-electron chi connectivity index (χ3n) is 5.70. The van der Waals surface area contributed by atoms with Gasteiger partial charge in [0.15, 0.2) is 0 Å². The van der Waals surface area contributed by atoms with Gasteiger partial charge in [-0.2, -0.15) is 18.4 Å². The van der Waals surface area contributed by atoms with Crippen LogP contribution in [0.15, 0.2) is 34.9 Å². The van der Waals surface area contributed by atoms with Gasteiger partial charge in [0.05, 0.1) is 16.7 Å². The van der Waals surface area contributed by atoms with Crippen molar-refractivity contribution in [3.8, 4) is 6.07 Å². The smallest absolute Gasteiger partial charge is 0.383 e. The molecule has 14 heteroatoms. The van der Waals surface area contributed by atoms with Gasteiger partial charge < -0.3 is 20.4 Å². The molecule has 42 heavy (non-hydrogen) atoms. The summed E-state index contributed by atoms with van der Waals surface area (Å²) in [5, 5.41) is 15.9. The van der Waals surface area contributed by atoms with Gasteiger partial charge in [-0.3, -0.25) is 19.8 Å². The average Bonchev–Trinajstić information content (AvgIpc) is 3.30. The van der Waals surface area contributed by atoms with Crippen molar-refractivity contribution in [3.05, 3.63) is 40.4 Å². The van der Waals surface area contributed by atoms with E-state index in [0.29, 0.717) is 24.2 Å². The molecule has 0 saturated carbocycles. The van der Waals surface area contributed by atoms with Gasteiger partial charge in [-0.25, -0.2) is 5.43 Å². The minimum Gasteiger partial charge on any atom is -0.383 e. The molecule has 1 aromatic carbocycles. The number of nitrogens with one attached hydrogen (secondary N) is 4. The van der Waals surface area contributed by atoms with Crippen LogP contribution in [0.25, 0.3) is 0 Å². The molecule has 2 amide bonds. The number of alkyl halides is 3. The highest BCUT2D eigenvalue weighted by molar-refractivity contribution is 8.04. The first-order valence-electron chi connectivity index (χ1n) is 13.7. The van der Waals surface area contributed by atoms with Crippen LogP contribution in [0.4, 0.5) is 18.9 Å². The van der Waals surface area contributed by atoms with Gasteiger partial charge in [0, 0.05) is 24.3 Å². The Bertz CT molecular complexity index is 1020. The lowest BCUT2D eigenvalue weighted by Crippen LogP contribution is -2.38. The summed E-state index contributed by atoms with van der Waals surface area (Å²) in [7, 11) is 2.01. The van der Waals surface area contributed by atoms with Crippen LogP contribution >= 0.6 is 11.8 Å². The Morgan fingerprint density at radius 1 is 1.21 bits per heavy atom. The molecule has 0 spiro atoms. The predicted molar refractivity (Wildman–Crippen MR) is 162 cm³/mol. The van der Waals surface area contributed by atoms with E-state index in [1.807, 2.05) is 20.0 Å². The maximum atomic E-state index is 12.4. The number of hydrazine groups is 1. The number of aldehydes is 1. The maximum absolute atomic E-state index is 12.4. The second-order valence-corrected chi connectivity index (χ2v) is 10.2. The highest BCUT2D eigenvalue weighted by Crippen LogP contribution is 2.37. The zero-order valence-corrected chi connectivity index (χ0v) is 25.8. The summed E-state index contributed by atoms with van der Waals surface area (Å²) in [6.45, 7) is 12.7. The fourth-order valence-corrected chi connectivity index (χ4v) is 4.87. The normalized spacial score (nSPS) is 15.6. The number of hydrogen-bond acceptors (Lipinski definition) is 9. The molecule has 1 fully saturated rings. The molecule has 4 N–H and O–H groups in total. The average molecular weight is 616 g/mol. The SMILES string of the molecule is CCCN(CC)CCCNC.CCN1C(=O)C(CNc2cccc(C=O)c2)S/C1=C(\C)C#N.O=CNNCC(F)(F)F. The summed E-state index contributed by atoms with van der Waals surface area (Å²) in [5.74, 6) is 0.0103. The Hall–Kier alpha value is -3.12. The summed E-state index contributed by atoms with van der Waals surface area (Å²) < 4.78 is 33.5. The monoisotopic (exact) mass is 615 g/mol. The highest BCUT2D eigenvalue weighted by Gasteiger charge is 2.36. The number of nitrogens with zero attached hydrogens (tertiary/aromatic N) is 3. The fraction of sp³-hybridized carbons (Fsp3) is 0.571. The third kappa shape index (κ3) is 16.4. The van der Waals surface area contributed by atoms with Gasteiger partial charge in [-0.1, -0.05) is 37.7 Å². The largest absolute Gasteiger partial charge is 0.402 e. The Kier molecular flexibility index (Phi) is 20.8. The van der Waals surface area contributed by atoms with Gasteiger partial charge in [0.25, 0.3) is 0 Å². The van der Waals surface area contributed by atoms with E-state index in [4.69, 9.17) is 5.26 Å². The number of halogens is 3. The molecule has 10 nitrogen and oxygen atoms in total. The number of nitriles is 1. The molecule has 2 rings (SSSR count). The van der Waals surface area contributed by atoms with Gasteiger partial charge in [0.1, 0.15) is 18.1 Å². The van der Waals surface area contributed by atoms with Crippen LogP contribution in [0.1, 0.15) is 50.9 Å². The summed E-state index contributed by atoms with van der Waals surface area (Å²) in [6.07, 6.45) is -0.823. The Labute approximate surface area is 251 Å². The van der Waals surface area contributed by atoms with Gasteiger partial charge in [-0.15, -0.1) is 0 Å². The molecule has 1 unspecified atom stereocenters. The van der Waals surface area contributed by atoms with Crippen LogP contribution in [0.2, 0.25) is 0 Å². The highest BCUT2D eigenvalue weighted by atomic mass is 32.2. The van der Waals surface area contributed by atoms with Gasteiger partial charge in [0.2, 0.25) is 12.3 Å². The second-order valence-electron chi connectivity index (χ2n) is 8.98. The lowest BCUT2D eigenvalue weighted by Gasteiger charge is -2.18. The summed E-state index contributed by atoms with van der Waals surface area (Å²) in [4.78, 5) is 36.6. The number of rotatable bonds is 15. The van der Waals surface area contributed by atoms with Crippen molar-refractivity contribution in [2.75, 3.05) is 58.2 Å². The molecular weight excluding hydrogens is 571 g/mol. The van der Waals surface area contributed by atoms with Crippen molar-refractivity contribution in [1.82, 2.24) is 26.0 Å². The number of carbonyl (C=O) groups excluding carboxylic acids is 3. The van der Waals surface area contributed by atoms with Crippen LogP contribution < -0.4 is 21.5 Å². The zero-order chi connectivity index (χ0) is 32.0. The molecule has 1 aromatic rings. The van der Waals surface area contributed by atoms with Crippen LogP contribution in [0.3, 0.4) is 0 Å². The third-order valence-corrected chi connectivity index (χ3v) is 7.10. The summed E-state index contributed by atoms with van der Waals surface area (Å²) >= 11 is 1.41. The maximum Gasteiger partial charge on any atom is 0.402 e. The number of allylic oxidation sites excluding steroid dienone is 1. The lowest BCUT2D eigenvalue weighted by atomic mass is 10.2. The molecular formula is C28H44F3N7O3S. The first-order valence-corrected chi connectivity index (χ1v) is 14.6. The molecule has 1 aliphatic heterocycles. The molecule has 0 aromatic heterocycles. The van der Waals surface area contributed by atoms with E-state index < -0.39 is 12.7 Å². The molecule has 1 atom stereocenters. The number of benzene rings is 1. The molecule has 236 valence electrons. The number of hydrogen-bond donors (Lipinski definition) is 4. The minimum atomic E-state index is -4.28. The minimum absolute atomic E-state index is 0.0103. The van der Waals surface area contributed by atoms with E-state index in [1.54, 1.807) is 40.9 Å². The summed E-state index contributed by atoms with van der Waals surface area (Å²) in [5.41, 5.74) is 5.24. The second kappa shape index (κ2) is 22.5. The first-order chi connectivity index (χ1) is 20.0. The molecule has 0 aliphatic carbocycles. The Morgan fingerprint density at radius 3 is 2.45 bits per heavy atom. The number of carbonyl (C=O) groups is 3. The predicted octanol–water partition coefficient (Wildman–Crippen LogP) is 3.76. The van der Waals surface area contributed by atoms with Crippen LogP contribution in [0, 0.1) is 11.3 Å². The Balaban J connectivity index is 0.000000703. The van der Waals surface area contributed by atoms with E-state index >= 15 is 0 Å². The first kappa shape index (κ1) is 38.9. The molecule has 1 heterocycles. The number of thioether (sulfide) groups is 1. The quantitative estimate of drug-likeness (QED) is 0.101. The van der Waals surface area contributed by atoms with Crippen molar-refractivity contribution in [3.63, 3.8) is 0 Å². The van der Waals surface area contributed by atoms with Crippen LogP contribution in [-0.4, -0.2) is 92.7 Å². The van der Waals surface area contributed by atoms with Crippen molar-refractivity contribution < 1.29 is 27.6 Å². The van der Waals surface area contributed by atoms with E-state index in [-0.39, 0.29) is 17.6 Å². The van der Waals surface area contributed by atoms with Crippen LogP contribution in [-0.2, 0) is 9.59 Å². The van der Waals surface area contributed by atoms with E-state index in [1.165, 1.54) is 44.2 Å². The topological polar surface area (TPSA) is 130 Å². The fourth-order valence-electron chi connectivity index (χ4n) is 3.64. The molecule has 1 aliphatic rings. The van der Waals surface area contributed by atoms with E-state index in [0.717, 1.165) is 23.5 Å². The van der Waals surface area contributed by atoms with E-state index in [9.17, 15) is 27.6 Å². The van der Waals surface area contributed by atoms with Gasteiger partial charge in [-0.05, 0) is 72.0 Å². The Morgan fingerprint density at radius 2 is 1.93 bits per heavy atom. The lowest BCUT2D eigenvalue weighted by molar-refractivity contribution is -0.129. The number of amides is 2. The van der Waals surface area contributed by atoms with Crippen molar-refractivity contribution in [1.29, 1.82) is 5.26 Å². The summed E-state index contributed by atoms with van der Waals surface area (Å²) in [6, 6.07) is 9.22. The zero-order valence-electron chi connectivity index (χ0n) is 25.0. The van der Waals surface area contributed by atoms with E-state index in [2.05, 4.69) is 35.5 Å². The number of anilines is 1. The van der Waals surface area contributed by atoms with Crippen molar-refractivity contribution in [2.24, 2.45) is 0 Å². The van der Waals surface area contributed by atoms with Crippen LogP contribution in [0.5, 0.6) is 0 Å². The standard InChI is InChI=1S/C16H17N3O2S.C9H22N2.C3H5F3N2O/c1-3-19-15(21)14(22-16(19)11(2)8-17)9-18-13-6-4-5-12(7-13)10-20;1-4-8-11(5-2)9-6-7-10-3;4-3(5,6)1-7-8-2-9/h4-7,10,14,18H,3,9H2,1-2H3;10H,4-9H2,1-3H3;2,7H,1H2,(H,8,9)/b16-11+;;. The molecule has 0 radical (unpaired) electrons. The molecule has 1 saturated heterocycles. The van der Waals surface area contributed by atoms with Gasteiger partial charge >= 0.3 is 6.18 Å².